The molecular weight excluding hydrogens is 212 g/mol. The maximum atomic E-state index is 11.2. The van der Waals surface area contributed by atoms with Crippen LogP contribution in [0.2, 0.25) is 0 Å². The van der Waals surface area contributed by atoms with E-state index in [1.165, 1.54) is 6.08 Å². The molecule has 0 spiro atoms. The summed E-state index contributed by atoms with van der Waals surface area (Å²) in [6, 6.07) is 0. The fraction of sp³-hybridized carbons (Fsp3) is 0.636. The zero-order valence-corrected chi connectivity index (χ0v) is 9.69. The number of carbonyl (C=O) groups is 2. The Hall–Kier alpha value is -1.36. The van der Waals surface area contributed by atoms with E-state index in [0.717, 1.165) is 18.4 Å². The summed E-state index contributed by atoms with van der Waals surface area (Å²) in [4.78, 5) is 21.7. The van der Waals surface area contributed by atoms with Crippen LogP contribution in [0.25, 0.3) is 0 Å². The van der Waals surface area contributed by atoms with Gasteiger partial charge in [0.25, 0.3) is 0 Å². The second kappa shape index (κ2) is 8.91. The van der Waals surface area contributed by atoms with Crippen molar-refractivity contribution in [2.45, 2.75) is 26.7 Å². The SMILES string of the molecule is CCC(=CC(=O)OCCOC(=O)CO)CC. The zero-order chi connectivity index (χ0) is 12.4. The first-order valence-electron chi connectivity index (χ1n) is 5.26. The lowest BCUT2D eigenvalue weighted by Gasteiger charge is -2.04. The highest BCUT2D eigenvalue weighted by atomic mass is 16.6. The van der Waals surface area contributed by atoms with Gasteiger partial charge in [0, 0.05) is 6.08 Å². The third-order valence-electron chi connectivity index (χ3n) is 1.95. The van der Waals surface area contributed by atoms with E-state index >= 15 is 0 Å². The highest BCUT2D eigenvalue weighted by Crippen LogP contribution is 2.05. The van der Waals surface area contributed by atoms with Crippen molar-refractivity contribution in [1.29, 1.82) is 0 Å². The summed E-state index contributed by atoms with van der Waals surface area (Å²) in [5.74, 6) is -1.16. The van der Waals surface area contributed by atoms with Crippen molar-refractivity contribution < 1.29 is 24.2 Å². The molecule has 0 unspecified atom stereocenters. The molecule has 0 aliphatic carbocycles. The van der Waals surface area contributed by atoms with Crippen LogP contribution in [0, 0.1) is 0 Å². The molecule has 0 aromatic carbocycles. The van der Waals surface area contributed by atoms with Gasteiger partial charge < -0.3 is 14.6 Å². The monoisotopic (exact) mass is 230 g/mol. The van der Waals surface area contributed by atoms with Gasteiger partial charge in [0.15, 0.2) is 0 Å². The van der Waals surface area contributed by atoms with Gasteiger partial charge in [0.05, 0.1) is 0 Å². The maximum Gasteiger partial charge on any atom is 0.331 e. The second-order valence-electron chi connectivity index (χ2n) is 3.06. The Bertz CT molecular complexity index is 251. The Morgan fingerprint density at radius 2 is 1.69 bits per heavy atom. The minimum absolute atomic E-state index is 0.00177. The number of hydrogen-bond donors (Lipinski definition) is 1. The molecule has 5 heteroatoms. The Kier molecular flexibility index (Phi) is 8.15. The van der Waals surface area contributed by atoms with Gasteiger partial charge in [-0.1, -0.05) is 19.4 Å². The first-order chi connectivity index (χ1) is 7.63. The van der Waals surface area contributed by atoms with E-state index in [-0.39, 0.29) is 13.2 Å². The normalized spacial score (nSPS) is 9.44. The summed E-state index contributed by atoms with van der Waals surface area (Å²) < 4.78 is 9.31. The number of ether oxygens (including phenoxy) is 2. The molecule has 0 aromatic rings. The number of hydrogen-bond acceptors (Lipinski definition) is 5. The highest BCUT2D eigenvalue weighted by Gasteiger charge is 2.02. The van der Waals surface area contributed by atoms with E-state index in [9.17, 15) is 9.59 Å². The molecule has 0 radical (unpaired) electrons. The summed E-state index contributed by atoms with van der Waals surface area (Å²) in [6.07, 6.45) is 3.07. The Labute approximate surface area is 95.0 Å². The molecule has 0 heterocycles. The maximum absolute atomic E-state index is 11.2. The van der Waals surface area contributed by atoms with Crippen molar-refractivity contribution >= 4 is 11.9 Å². The van der Waals surface area contributed by atoms with Crippen molar-refractivity contribution in [1.82, 2.24) is 0 Å². The largest absolute Gasteiger partial charge is 0.460 e. The number of carbonyl (C=O) groups excluding carboxylic acids is 2. The summed E-state index contributed by atoms with van der Waals surface area (Å²) in [7, 11) is 0. The summed E-state index contributed by atoms with van der Waals surface area (Å²) in [5, 5.41) is 8.33. The minimum Gasteiger partial charge on any atom is -0.460 e. The molecular formula is C11H18O5. The van der Waals surface area contributed by atoms with Gasteiger partial charge in [0.2, 0.25) is 0 Å². The number of rotatable bonds is 7. The molecule has 0 atom stereocenters. The van der Waals surface area contributed by atoms with E-state index in [0.29, 0.717) is 0 Å². The van der Waals surface area contributed by atoms with Crippen molar-refractivity contribution in [2.75, 3.05) is 19.8 Å². The van der Waals surface area contributed by atoms with Crippen molar-refractivity contribution in [3.63, 3.8) is 0 Å². The van der Waals surface area contributed by atoms with Gasteiger partial charge in [-0.3, -0.25) is 0 Å². The van der Waals surface area contributed by atoms with E-state index in [1.807, 2.05) is 13.8 Å². The summed E-state index contributed by atoms with van der Waals surface area (Å²) in [6.45, 7) is 3.23. The molecule has 0 rings (SSSR count). The standard InChI is InChI=1S/C11H18O5/c1-3-9(4-2)7-10(13)15-5-6-16-11(14)8-12/h7,12H,3-6,8H2,1-2H3. The molecule has 5 nitrogen and oxygen atoms in total. The van der Waals surface area contributed by atoms with Crippen molar-refractivity contribution in [3.05, 3.63) is 11.6 Å². The van der Waals surface area contributed by atoms with Gasteiger partial charge >= 0.3 is 11.9 Å². The molecule has 1 N–H and O–H groups in total. The lowest BCUT2D eigenvalue weighted by molar-refractivity contribution is -0.152. The lowest BCUT2D eigenvalue weighted by Crippen LogP contribution is -2.15. The zero-order valence-electron chi connectivity index (χ0n) is 9.69. The molecule has 92 valence electrons. The van der Waals surface area contributed by atoms with E-state index in [1.54, 1.807) is 0 Å². The smallest absolute Gasteiger partial charge is 0.331 e. The Morgan fingerprint density at radius 3 is 2.19 bits per heavy atom. The molecule has 16 heavy (non-hydrogen) atoms. The molecule has 0 saturated carbocycles. The van der Waals surface area contributed by atoms with Gasteiger partial charge in [-0.25, -0.2) is 9.59 Å². The Morgan fingerprint density at radius 1 is 1.12 bits per heavy atom. The van der Waals surface area contributed by atoms with Crippen LogP contribution in [0.1, 0.15) is 26.7 Å². The molecule has 0 aliphatic rings. The summed E-state index contributed by atoms with van der Waals surface area (Å²) in [5.41, 5.74) is 1.01. The van der Waals surface area contributed by atoms with Gasteiger partial charge in [-0.15, -0.1) is 0 Å². The quantitative estimate of drug-likeness (QED) is 0.398. The van der Waals surface area contributed by atoms with Crippen LogP contribution >= 0.6 is 0 Å². The van der Waals surface area contributed by atoms with E-state index in [4.69, 9.17) is 9.84 Å². The topological polar surface area (TPSA) is 72.8 Å². The molecule has 0 aromatic heterocycles. The van der Waals surface area contributed by atoms with Crippen LogP contribution in [0.5, 0.6) is 0 Å². The Balaban J connectivity index is 3.73. The molecule has 0 fully saturated rings. The average molecular weight is 230 g/mol. The third kappa shape index (κ3) is 7.00. The van der Waals surface area contributed by atoms with Crippen LogP contribution in [-0.4, -0.2) is 36.9 Å². The molecule has 0 aliphatic heterocycles. The van der Waals surface area contributed by atoms with E-state index in [2.05, 4.69) is 4.74 Å². The first-order valence-corrected chi connectivity index (χ1v) is 5.26. The van der Waals surface area contributed by atoms with E-state index < -0.39 is 18.5 Å². The first kappa shape index (κ1) is 14.6. The molecule has 0 amide bonds. The molecule has 0 bridgehead atoms. The number of aliphatic hydroxyl groups excluding tert-OH is 1. The van der Waals surface area contributed by atoms with Gasteiger partial charge in [0.1, 0.15) is 19.8 Å². The van der Waals surface area contributed by atoms with Crippen LogP contribution < -0.4 is 0 Å². The predicted octanol–water partition coefficient (Wildman–Crippen LogP) is 0.811. The van der Waals surface area contributed by atoms with Crippen LogP contribution in [0.3, 0.4) is 0 Å². The predicted molar refractivity (Wildman–Crippen MR) is 57.7 cm³/mol. The number of aliphatic hydroxyl groups is 1. The molecule has 0 saturated heterocycles. The highest BCUT2D eigenvalue weighted by molar-refractivity contribution is 5.82. The number of allylic oxidation sites excluding steroid dienone is 1. The van der Waals surface area contributed by atoms with Crippen molar-refractivity contribution in [3.8, 4) is 0 Å². The van der Waals surface area contributed by atoms with Crippen molar-refractivity contribution in [2.24, 2.45) is 0 Å². The fourth-order valence-corrected chi connectivity index (χ4v) is 1.01. The van der Waals surface area contributed by atoms with Crippen LogP contribution in [-0.2, 0) is 19.1 Å². The third-order valence-corrected chi connectivity index (χ3v) is 1.95. The van der Waals surface area contributed by atoms with Crippen LogP contribution in [0.15, 0.2) is 11.6 Å². The lowest BCUT2D eigenvalue weighted by atomic mass is 10.1. The number of esters is 2. The minimum atomic E-state index is -0.727. The van der Waals surface area contributed by atoms with Gasteiger partial charge in [-0.2, -0.15) is 0 Å². The van der Waals surface area contributed by atoms with Gasteiger partial charge in [-0.05, 0) is 12.8 Å². The average Bonchev–Trinajstić information content (AvgIpc) is 2.31. The second-order valence-corrected chi connectivity index (χ2v) is 3.06. The van der Waals surface area contributed by atoms with Crippen LogP contribution in [0.4, 0.5) is 0 Å². The fourth-order valence-electron chi connectivity index (χ4n) is 1.01. The summed E-state index contributed by atoms with van der Waals surface area (Å²) >= 11 is 0.